The second-order valence-electron chi connectivity index (χ2n) is 7.47. The number of nitrogens with zero attached hydrogens (tertiary/aromatic N) is 4. The summed E-state index contributed by atoms with van der Waals surface area (Å²) in [7, 11) is -1.95. The van der Waals surface area contributed by atoms with Crippen molar-refractivity contribution in [3.05, 3.63) is 35.7 Å². The number of carbonyl (C=O) groups is 1. The van der Waals surface area contributed by atoms with Crippen LogP contribution < -0.4 is 10.1 Å². The van der Waals surface area contributed by atoms with Gasteiger partial charge in [-0.3, -0.25) is 14.4 Å². The number of carbonyl (C=O) groups excluding carboxylic acids is 1. The molecule has 0 saturated carbocycles. The molecular formula is C19H25N5O4S. The molecule has 1 atom stereocenters. The normalized spacial score (nSPS) is 21.2. The van der Waals surface area contributed by atoms with Gasteiger partial charge in [0.25, 0.3) is 0 Å². The largest absolute Gasteiger partial charge is 0.490 e. The van der Waals surface area contributed by atoms with Crippen molar-refractivity contribution in [1.29, 1.82) is 0 Å². The number of hydrogen-bond donors (Lipinski definition) is 1. The fraction of sp³-hybridized carbons (Fsp3) is 0.474. The zero-order chi connectivity index (χ0) is 20.8. The van der Waals surface area contributed by atoms with Gasteiger partial charge < -0.3 is 10.1 Å². The third-order valence-electron chi connectivity index (χ3n) is 5.55. The van der Waals surface area contributed by atoms with Gasteiger partial charge in [-0.05, 0) is 26.0 Å². The van der Waals surface area contributed by atoms with Crippen LogP contribution in [0.2, 0.25) is 0 Å². The molecule has 3 heterocycles. The van der Waals surface area contributed by atoms with Gasteiger partial charge in [-0.1, -0.05) is 12.1 Å². The molecule has 0 aliphatic carbocycles. The van der Waals surface area contributed by atoms with Crippen LogP contribution in [0.15, 0.2) is 29.2 Å². The molecule has 10 heteroatoms. The molecule has 1 amide bonds. The quantitative estimate of drug-likeness (QED) is 0.771. The summed E-state index contributed by atoms with van der Waals surface area (Å²) in [5.41, 5.74) is 1.74. The zero-order valence-electron chi connectivity index (χ0n) is 16.8. The Morgan fingerprint density at radius 3 is 2.69 bits per heavy atom. The Morgan fingerprint density at radius 1 is 1.21 bits per heavy atom. The van der Waals surface area contributed by atoms with E-state index in [-0.39, 0.29) is 29.9 Å². The summed E-state index contributed by atoms with van der Waals surface area (Å²) in [5, 5.41) is 7.12. The molecule has 1 saturated heterocycles. The van der Waals surface area contributed by atoms with Gasteiger partial charge in [0.05, 0.1) is 29.7 Å². The second kappa shape index (κ2) is 7.43. The highest BCUT2D eigenvalue weighted by molar-refractivity contribution is 7.89. The Hall–Kier alpha value is -2.43. The van der Waals surface area contributed by atoms with E-state index in [4.69, 9.17) is 4.74 Å². The summed E-state index contributed by atoms with van der Waals surface area (Å²) >= 11 is 0. The maximum atomic E-state index is 13.3. The maximum absolute atomic E-state index is 13.3. The first-order chi connectivity index (χ1) is 13.8. The van der Waals surface area contributed by atoms with Crippen LogP contribution in [-0.2, 0) is 21.9 Å². The molecule has 29 heavy (non-hydrogen) atoms. The molecule has 9 nitrogen and oxygen atoms in total. The Kier molecular flexibility index (Phi) is 5.09. The standard InChI is InChI=1S/C19H25N5O4S/c1-13-19(14(2)22(3)21-13)29(26,27)24-9-8-23-11-18(25)20-16-6-4-5-7-17(16)28-12-15(23)10-24/h4-7,15H,8-12H2,1-3H3,(H,20,25)/t15-/m1/s1. The fourth-order valence-corrected chi connectivity index (χ4v) is 5.83. The summed E-state index contributed by atoms with van der Waals surface area (Å²) < 4.78 is 35.7. The summed E-state index contributed by atoms with van der Waals surface area (Å²) in [4.78, 5) is 14.7. The molecule has 156 valence electrons. The van der Waals surface area contributed by atoms with Gasteiger partial charge in [0, 0.05) is 26.7 Å². The van der Waals surface area contributed by atoms with Gasteiger partial charge in [-0.15, -0.1) is 0 Å². The van der Waals surface area contributed by atoms with E-state index in [0.717, 1.165) is 0 Å². The monoisotopic (exact) mass is 419 g/mol. The first kappa shape index (κ1) is 19.9. The minimum atomic E-state index is -3.69. The lowest BCUT2D eigenvalue weighted by atomic mass is 10.2. The lowest BCUT2D eigenvalue weighted by Gasteiger charge is -2.39. The average Bonchev–Trinajstić information content (AvgIpc) is 2.96. The molecule has 1 N–H and O–H groups in total. The maximum Gasteiger partial charge on any atom is 0.246 e. The lowest BCUT2D eigenvalue weighted by molar-refractivity contribution is -0.118. The zero-order valence-corrected chi connectivity index (χ0v) is 17.6. The van der Waals surface area contributed by atoms with Crippen molar-refractivity contribution >= 4 is 21.6 Å². The molecule has 1 aromatic heterocycles. The van der Waals surface area contributed by atoms with E-state index in [1.54, 1.807) is 37.7 Å². The SMILES string of the molecule is Cc1nn(C)c(C)c1S(=O)(=O)N1CCN2CC(=O)Nc3ccccc3OC[C@H]2C1. The number of rotatable bonds is 2. The summed E-state index contributed by atoms with van der Waals surface area (Å²) in [6, 6.07) is 7.03. The van der Waals surface area contributed by atoms with Crippen LogP contribution in [0.1, 0.15) is 11.4 Å². The van der Waals surface area contributed by atoms with Gasteiger partial charge in [-0.25, -0.2) is 8.42 Å². The Morgan fingerprint density at radius 2 is 1.97 bits per heavy atom. The number of hydrogen-bond acceptors (Lipinski definition) is 6. The predicted molar refractivity (Wildman–Crippen MR) is 107 cm³/mol. The molecule has 2 aliphatic heterocycles. The third kappa shape index (κ3) is 3.63. The van der Waals surface area contributed by atoms with Gasteiger partial charge in [0.1, 0.15) is 17.3 Å². The van der Waals surface area contributed by atoms with Gasteiger partial charge in [-0.2, -0.15) is 9.40 Å². The van der Waals surface area contributed by atoms with Crippen molar-refractivity contribution in [2.75, 3.05) is 38.1 Å². The predicted octanol–water partition coefficient (Wildman–Crippen LogP) is 0.743. The number of aromatic nitrogens is 2. The second-order valence-corrected chi connectivity index (χ2v) is 9.34. The van der Waals surface area contributed by atoms with E-state index in [2.05, 4.69) is 10.4 Å². The Balaban J connectivity index is 1.60. The number of para-hydroxylation sites is 2. The summed E-state index contributed by atoms with van der Waals surface area (Å²) in [6.45, 7) is 4.98. The fourth-order valence-electron chi connectivity index (χ4n) is 3.96. The molecule has 2 aromatic rings. The number of nitrogens with one attached hydrogen (secondary N) is 1. The number of amides is 1. The third-order valence-corrected chi connectivity index (χ3v) is 7.67. The van der Waals surface area contributed by atoms with Crippen molar-refractivity contribution in [2.45, 2.75) is 24.8 Å². The minimum Gasteiger partial charge on any atom is -0.490 e. The lowest BCUT2D eigenvalue weighted by Crippen LogP contribution is -2.57. The van der Waals surface area contributed by atoms with Crippen molar-refractivity contribution in [1.82, 2.24) is 19.0 Å². The topological polar surface area (TPSA) is 96.8 Å². The van der Waals surface area contributed by atoms with Crippen LogP contribution in [0.3, 0.4) is 0 Å². The molecule has 2 aliphatic rings. The molecule has 0 unspecified atom stereocenters. The van der Waals surface area contributed by atoms with E-state index in [9.17, 15) is 13.2 Å². The average molecular weight is 420 g/mol. The Labute approximate surface area is 170 Å². The van der Waals surface area contributed by atoms with E-state index in [0.29, 0.717) is 42.5 Å². The molecule has 0 bridgehead atoms. The smallest absolute Gasteiger partial charge is 0.246 e. The molecule has 0 radical (unpaired) electrons. The molecule has 1 fully saturated rings. The highest BCUT2D eigenvalue weighted by Crippen LogP contribution is 2.28. The summed E-state index contributed by atoms with van der Waals surface area (Å²) in [6.07, 6.45) is 0. The number of ether oxygens (including phenoxy) is 1. The number of aryl methyl sites for hydroxylation is 2. The van der Waals surface area contributed by atoms with Gasteiger partial charge in [0.15, 0.2) is 0 Å². The van der Waals surface area contributed by atoms with Crippen LogP contribution in [-0.4, -0.2) is 72.1 Å². The van der Waals surface area contributed by atoms with Crippen molar-refractivity contribution in [2.24, 2.45) is 7.05 Å². The van der Waals surface area contributed by atoms with Crippen LogP contribution in [0.25, 0.3) is 0 Å². The number of piperazine rings is 1. The van der Waals surface area contributed by atoms with E-state index >= 15 is 0 Å². The van der Waals surface area contributed by atoms with Crippen LogP contribution >= 0.6 is 0 Å². The molecule has 0 spiro atoms. The number of sulfonamides is 1. The minimum absolute atomic E-state index is 0.136. The van der Waals surface area contributed by atoms with Crippen molar-refractivity contribution < 1.29 is 17.9 Å². The molecule has 1 aromatic carbocycles. The first-order valence-corrected chi connectivity index (χ1v) is 11.0. The van der Waals surface area contributed by atoms with Gasteiger partial charge >= 0.3 is 0 Å². The number of anilines is 1. The van der Waals surface area contributed by atoms with E-state index < -0.39 is 10.0 Å². The van der Waals surface area contributed by atoms with Crippen LogP contribution in [0.4, 0.5) is 5.69 Å². The highest BCUT2D eigenvalue weighted by atomic mass is 32.2. The van der Waals surface area contributed by atoms with Gasteiger partial charge in [0.2, 0.25) is 15.9 Å². The van der Waals surface area contributed by atoms with Crippen LogP contribution in [0.5, 0.6) is 5.75 Å². The van der Waals surface area contributed by atoms with Crippen LogP contribution in [0, 0.1) is 13.8 Å². The highest BCUT2D eigenvalue weighted by Gasteiger charge is 2.38. The van der Waals surface area contributed by atoms with Crippen molar-refractivity contribution in [3.63, 3.8) is 0 Å². The van der Waals surface area contributed by atoms with Crippen molar-refractivity contribution in [3.8, 4) is 5.75 Å². The number of benzene rings is 1. The van der Waals surface area contributed by atoms with E-state index in [1.807, 2.05) is 17.0 Å². The first-order valence-electron chi connectivity index (χ1n) is 9.53. The molecular weight excluding hydrogens is 394 g/mol. The molecule has 4 rings (SSSR count). The summed E-state index contributed by atoms with van der Waals surface area (Å²) in [5.74, 6) is 0.449. The van der Waals surface area contributed by atoms with E-state index in [1.165, 1.54) is 4.31 Å². The Bertz CT molecular complexity index is 1050. The number of fused-ring (bicyclic) bond motifs is 2.